The number of unbranched alkanes of at least 4 members (excludes halogenated alkanes) is 1. The summed E-state index contributed by atoms with van der Waals surface area (Å²) in [5.74, 6) is 1.82. The molecule has 27 heavy (non-hydrogen) atoms. The van der Waals surface area contributed by atoms with E-state index in [2.05, 4.69) is 29.1 Å². The lowest BCUT2D eigenvalue weighted by atomic mass is 9.99. The van der Waals surface area contributed by atoms with Crippen LogP contribution in [-0.2, 0) is 9.47 Å². The van der Waals surface area contributed by atoms with Crippen molar-refractivity contribution in [2.24, 2.45) is 10.9 Å². The van der Waals surface area contributed by atoms with E-state index in [1.165, 1.54) is 38.5 Å². The summed E-state index contributed by atoms with van der Waals surface area (Å²) >= 11 is 0. The highest BCUT2D eigenvalue weighted by Crippen LogP contribution is 2.18. The first-order valence-electron chi connectivity index (χ1n) is 11.0. The van der Waals surface area contributed by atoms with E-state index in [0.717, 1.165) is 64.0 Å². The minimum Gasteiger partial charge on any atom is -0.376 e. The SMILES string of the molecule is CCCCC(CC)CNC(=NC)N1CCC(OCC2CCCCO2)CC1.I. The van der Waals surface area contributed by atoms with Gasteiger partial charge in [0, 0.05) is 33.3 Å². The van der Waals surface area contributed by atoms with E-state index in [9.17, 15) is 0 Å². The molecule has 2 saturated heterocycles. The molecule has 2 aliphatic heterocycles. The first-order chi connectivity index (χ1) is 12.8. The zero-order valence-electron chi connectivity index (χ0n) is 17.8. The Balaban J connectivity index is 0.00000364. The van der Waals surface area contributed by atoms with Crippen molar-refractivity contribution in [3.05, 3.63) is 0 Å². The minimum atomic E-state index is 0. The van der Waals surface area contributed by atoms with Crippen molar-refractivity contribution in [2.45, 2.75) is 83.8 Å². The van der Waals surface area contributed by atoms with Crippen molar-refractivity contribution in [2.75, 3.05) is 39.9 Å². The van der Waals surface area contributed by atoms with Gasteiger partial charge in [-0.25, -0.2) is 0 Å². The fraction of sp³-hybridized carbons (Fsp3) is 0.952. The van der Waals surface area contributed by atoms with Crippen molar-refractivity contribution in [1.82, 2.24) is 10.2 Å². The Kier molecular flexibility index (Phi) is 13.7. The van der Waals surface area contributed by atoms with Crippen LogP contribution in [-0.4, -0.2) is 63.0 Å². The van der Waals surface area contributed by atoms with Gasteiger partial charge in [0.25, 0.3) is 0 Å². The number of hydrogen-bond acceptors (Lipinski definition) is 3. The van der Waals surface area contributed by atoms with Crippen molar-refractivity contribution in [3.8, 4) is 0 Å². The second-order valence-electron chi connectivity index (χ2n) is 7.85. The van der Waals surface area contributed by atoms with Crippen LogP contribution in [0.2, 0.25) is 0 Å². The van der Waals surface area contributed by atoms with Gasteiger partial charge < -0.3 is 19.7 Å². The van der Waals surface area contributed by atoms with E-state index in [4.69, 9.17) is 9.47 Å². The van der Waals surface area contributed by atoms with E-state index in [0.29, 0.717) is 12.2 Å². The molecule has 0 bridgehead atoms. The van der Waals surface area contributed by atoms with Crippen LogP contribution in [0.1, 0.15) is 71.6 Å². The van der Waals surface area contributed by atoms with Gasteiger partial charge in [0.05, 0.1) is 18.8 Å². The number of aliphatic imine (C=N–C) groups is 1. The topological polar surface area (TPSA) is 46.1 Å². The third-order valence-electron chi connectivity index (χ3n) is 5.84. The summed E-state index contributed by atoms with van der Waals surface area (Å²) < 4.78 is 11.9. The Morgan fingerprint density at radius 1 is 1.22 bits per heavy atom. The third-order valence-corrected chi connectivity index (χ3v) is 5.84. The van der Waals surface area contributed by atoms with Crippen LogP contribution in [0.25, 0.3) is 0 Å². The maximum absolute atomic E-state index is 6.13. The van der Waals surface area contributed by atoms with Crippen LogP contribution in [0.3, 0.4) is 0 Å². The Labute approximate surface area is 184 Å². The summed E-state index contributed by atoms with van der Waals surface area (Å²) in [7, 11) is 1.90. The van der Waals surface area contributed by atoms with Crippen LogP contribution in [0.15, 0.2) is 4.99 Å². The number of nitrogens with one attached hydrogen (secondary N) is 1. The molecule has 0 aromatic rings. The number of guanidine groups is 1. The molecule has 2 heterocycles. The maximum atomic E-state index is 6.13. The molecular weight excluding hydrogens is 453 g/mol. The minimum absolute atomic E-state index is 0. The van der Waals surface area contributed by atoms with E-state index in [1.54, 1.807) is 0 Å². The summed E-state index contributed by atoms with van der Waals surface area (Å²) in [5.41, 5.74) is 0. The summed E-state index contributed by atoms with van der Waals surface area (Å²) in [6.45, 7) is 9.34. The highest BCUT2D eigenvalue weighted by molar-refractivity contribution is 14.0. The third kappa shape index (κ3) is 9.31. The number of likely N-dealkylation sites (tertiary alicyclic amines) is 1. The Morgan fingerprint density at radius 2 is 2.00 bits per heavy atom. The zero-order valence-corrected chi connectivity index (χ0v) is 20.1. The quantitative estimate of drug-likeness (QED) is 0.292. The lowest BCUT2D eigenvalue weighted by Crippen LogP contribution is -2.48. The molecule has 160 valence electrons. The second kappa shape index (κ2) is 14.9. The van der Waals surface area contributed by atoms with Crippen molar-refractivity contribution >= 4 is 29.9 Å². The second-order valence-corrected chi connectivity index (χ2v) is 7.85. The molecule has 1 N–H and O–H groups in total. The van der Waals surface area contributed by atoms with Gasteiger partial charge in [-0.05, 0) is 44.4 Å². The molecule has 5 nitrogen and oxygen atoms in total. The molecule has 2 atom stereocenters. The monoisotopic (exact) mass is 495 g/mol. The largest absolute Gasteiger partial charge is 0.376 e. The van der Waals surface area contributed by atoms with Gasteiger partial charge in [0.15, 0.2) is 5.96 Å². The maximum Gasteiger partial charge on any atom is 0.193 e. The standard InChI is InChI=1S/C21H41N3O2.HI/c1-4-6-9-18(5-2)16-23-21(22-3)24-13-11-19(12-14-24)26-17-20-10-7-8-15-25-20;/h18-20H,4-17H2,1-3H3,(H,22,23);1H. The predicted octanol–water partition coefficient (Wildman–Crippen LogP) is 4.45. The first kappa shape index (κ1) is 25.0. The Morgan fingerprint density at radius 3 is 2.59 bits per heavy atom. The van der Waals surface area contributed by atoms with E-state index in [-0.39, 0.29) is 24.0 Å². The fourth-order valence-corrected chi connectivity index (χ4v) is 3.93. The molecule has 0 aromatic carbocycles. The number of hydrogen-bond donors (Lipinski definition) is 1. The number of nitrogens with zero attached hydrogens (tertiary/aromatic N) is 2. The van der Waals surface area contributed by atoms with Crippen LogP contribution in [0, 0.1) is 5.92 Å². The average Bonchev–Trinajstić information content (AvgIpc) is 2.70. The molecule has 6 heteroatoms. The summed E-state index contributed by atoms with van der Waals surface area (Å²) in [4.78, 5) is 6.91. The lowest BCUT2D eigenvalue weighted by molar-refractivity contribution is -0.0721. The summed E-state index contributed by atoms with van der Waals surface area (Å²) in [6, 6.07) is 0. The molecular formula is C21H42IN3O2. The van der Waals surface area contributed by atoms with Gasteiger partial charge in [-0.1, -0.05) is 33.1 Å². The Bertz CT molecular complexity index is 395. The lowest BCUT2D eigenvalue weighted by Gasteiger charge is -2.35. The van der Waals surface area contributed by atoms with Crippen LogP contribution < -0.4 is 5.32 Å². The molecule has 0 spiro atoms. The molecule has 2 unspecified atom stereocenters. The van der Waals surface area contributed by atoms with Crippen molar-refractivity contribution in [1.29, 1.82) is 0 Å². The van der Waals surface area contributed by atoms with Gasteiger partial charge in [0.2, 0.25) is 0 Å². The van der Waals surface area contributed by atoms with Gasteiger partial charge in [0.1, 0.15) is 0 Å². The molecule has 2 fully saturated rings. The average molecular weight is 495 g/mol. The molecule has 0 aliphatic carbocycles. The van der Waals surface area contributed by atoms with E-state index < -0.39 is 0 Å². The predicted molar refractivity (Wildman–Crippen MR) is 124 cm³/mol. The molecule has 0 radical (unpaired) electrons. The number of piperidine rings is 1. The van der Waals surface area contributed by atoms with E-state index in [1.807, 2.05) is 7.05 Å². The number of rotatable bonds is 9. The van der Waals surface area contributed by atoms with Gasteiger partial charge in [-0.15, -0.1) is 24.0 Å². The molecule has 0 aromatic heterocycles. The molecule has 2 rings (SSSR count). The van der Waals surface area contributed by atoms with Crippen LogP contribution >= 0.6 is 24.0 Å². The summed E-state index contributed by atoms with van der Waals surface area (Å²) in [5, 5.41) is 3.61. The first-order valence-corrected chi connectivity index (χ1v) is 11.0. The van der Waals surface area contributed by atoms with Crippen LogP contribution in [0.4, 0.5) is 0 Å². The Hall–Kier alpha value is -0.0800. The van der Waals surface area contributed by atoms with Gasteiger partial charge in [-0.2, -0.15) is 0 Å². The highest BCUT2D eigenvalue weighted by Gasteiger charge is 2.24. The van der Waals surface area contributed by atoms with Crippen molar-refractivity contribution < 1.29 is 9.47 Å². The fourth-order valence-electron chi connectivity index (χ4n) is 3.93. The molecule has 0 amide bonds. The summed E-state index contributed by atoms with van der Waals surface area (Å²) in [6.07, 6.45) is 11.7. The normalized spacial score (nSPS) is 23.0. The van der Waals surface area contributed by atoms with Gasteiger partial charge in [-0.3, -0.25) is 4.99 Å². The van der Waals surface area contributed by atoms with Gasteiger partial charge >= 0.3 is 0 Å². The van der Waals surface area contributed by atoms with E-state index >= 15 is 0 Å². The highest BCUT2D eigenvalue weighted by atomic mass is 127. The van der Waals surface area contributed by atoms with Crippen molar-refractivity contribution in [3.63, 3.8) is 0 Å². The number of halogens is 1. The zero-order chi connectivity index (χ0) is 18.6. The number of ether oxygens (including phenoxy) is 2. The molecule has 2 aliphatic rings. The molecule has 0 saturated carbocycles. The van der Waals surface area contributed by atoms with Crippen LogP contribution in [0.5, 0.6) is 0 Å². The smallest absolute Gasteiger partial charge is 0.193 e.